The van der Waals surface area contributed by atoms with Gasteiger partial charge in [0.05, 0.1) is 5.56 Å². The number of carbonyl (C=O) groups excluding carboxylic acids is 1. The molecule has 0 bridgehead atoms. The number of rotatable bonds is 5. The van der Waals surface area contributed by atoms with Crippen LogP contribution in [0.2, 0.25) is 0 Å². The third kappa shape index (κ3) is 4.29. The van der Waals surface area contributed by atoms with Crippen molar-refractivity contribution >= 4 is 21.8 Å². The van der Waals surface area contributed by atoms with E-state index in [1.54, 1.807) is 24.3 Å². The second-order valence-corrected chi connectivity index (χ2v) is 4.05. The molecule has 0 aliphatic rings. The fourth-order valence-corrected chi connectivity index (χ4v) is 1.46. The number of benzene rings is 1. The van der Waals surface area contributed by atoms with Crippen molar-refractivity contribution in [2.24, 2.45) is 0 Å². The zero-order valence-electron chi connectivity index (χ0n) is 9.07. The minimum atomic E-state index is -0.253. The molecule has 1 rings (SSSR count). The predicted octanol–water partition coefficient (Wildman–Crippen LogP) is 2.00. The van der Waals surface area contributed by atoms with Crippen LogP contribution in [0.4, 0.5) is 0 Å². The second-order valence-electron chi connectivity index (χ2n) is 3.13. The Bertz CT molecular complexity index is 466. The summed E-state index contributed by atoms with van der Waals surface area (Å²) in [5, 5.41) is 11.5. The molecule has 0 fully saturated rings. The van der Waals surface area contributed by atoms with Crippen LogP contribution < -0.4 is 10.1 Å². The lowest BCUT2D eigenvalue weighted by molar-refractivity contribution is -0.122. The molecule has 17 heavy (non-hydrogen) atoms. The number of hydrogen-bond donors (Lipinski definition) is 1. The van der Waals surface area contributed by atoms with E-state index >= 15 is 0 Å². The van der Waals surface area contributed by atoms with Gasteiger partial charge in [0.2, 0.25) is 0 Å². The third-order valence-corrected chi connectivity index (χ3v) is 2.36. The highest BCUT2D eigenvalue weighted by molar-refractivity contribution is 9.10. The summed E-state index contributed by atoms with van der Waals surface area (Å²) in [7, 11) is 0. The molecule has 4 nitrogen and oxygen atoms in total. The van der Waals surface area contributed by atoms with E-state index < -0.39 is 0 Å². The number of carbonyl (C=O) groups is 1. The molecule has 0 aromatic heterocycles. The van der Waals surface area contributed by atoms with Gasteiger partial charge >= 0.3 is 0 Å². The monoisotopic (exact) mass is 294 g/mol. The smallest absolute Gasteiger partial charge is 0.258 e. The van der Waals surface area contributed by atoms with Gasteiger partial charge in [0.15, 0.2) is 6.61 Å². The number of ether oxygens (including phenoxy) is 1. The van der Waals surface area contributed by atoms with Crippen molar-refractivity contribution in [2.75, 3.05) is 13.2 Å². The van der Waals surface area contributed by atoms with E-state index in [1.165, 1.54) is 0 Å². The maximum absolute atomic E-state index is 11.3. The van der Waals surface area contributed by atoms with E-state index in [-0.39, 0.29) is 12.5 Å². The highest BCUT2D eigenvalue weighted by Crippen LogP contribution is 2.22. The van der Waals surface area contributed by atoms with Gasteiger partial charge in [-0.2, -0.15) is 5.26 Å². The molecule has 1 amide bonds. The van der Waals surface area contributed by atoms with Crippen LogP contribution in [-0.2, 0) is 4.79 Å². The number of nitriles is 1. The van der Waals surface area contributed by atoms with Gasteiger partial charge in [-0.25, -0.2) is 0 Å². The highest BCUT2D eigenvalue weighted by Gasteiger charge is 2.06. The molecule has 0 aliphatic heterocycles. The number of amides is 1. The summed E-state index contributed by atoms with van der Waals surface area (Å²) in [4.78, 5) is 11.3. The maximum Gasteiger partial charge on any atom is 0.258 e. The van der Waals surface area contributed by atoms with E-state index in [0.717, 1.165) is 4.47 Å². The molecular weight excluding hydrogens is 284 g/mol. The molecular formula is C12H11BrN2O2. The average Bonchev–Trinajstić information content (AvgIpc) is 2.34. The summed E-state index contributed by atoms with van der Waals surface area (Å²) < 4.78 is 6.04. The molecule has 1 aromatic carbocycles. The van der Waals surface area contributed by atoms with Gasteiger partial charge in [0.25, 0.3) is 5.91 Å². The van der Waals surface area contributed by atoms with Crippen LogP contribution >= 0.6 is 15.9 Å². The predicted molar refractivity (Wildman–Crippen MR) is 67.6 cm³/mol. The molecule has 0 atom stereocenters. The lowest BCUT2D eigenvalue weighted by Crippen LogP contribution is -2.28. The van der Waals surface area contributed by atoms with E-state index in [0.29, 0.717) is 17.9 Å². The molecule has 0 saturated carbocycles. The van der Waals surface area contributed by atoms with E-state index in [2.05, 4.69) is 27.8 Å². The molecule has 88 valence electrons. The van der Waals surface area contributed by atoms with Crippen molar-refractivity contribution in [3.63, 3.8) is 0 Å². The first kappa shape index (κ1) is 13.3. The van der Waals surface area contributed by atoms with Gasteiger partial charge < -0.3 is 10.1 Å². The Morgan fingerprint density at radius 3 is 3.06 bits per heavy atom. The standard InChI is InChI=1S/C12H11BrN2O2/c1-2-5-15-12(16)8-17-11-4-3-10(13)6-9(11)7-14/h2-4,6H,1,5,8H2,(H,15,16). The third-order valence-electron chi connectivity index (χ3n) is 1.86. The van der Waals surface area contributed by atoms with Crippen molar-refractivity contribution in [3.05, 3.63) is 40.9 Å². The topological polar surface area (TPSA) is 62.1 Å². The first-order valence-electron chi connectivity index (χ1n) is 4.87. The molecule has 0 saturated heterocycles. The SMILES string of the molecule is C=CCNC(=O)COc1ccc(Br)cc1C#N. The van der Waals surface area contributed by atoms with Crippen LogP contribution in [0.15, 0.2) is 35.3 Å². The van der Waals surface area contributed by atoms with Crippen LogP contribution in [0.3, 0.4) is 0 Å². The van der Waals surface area contributed by atoms with Gasteiger partial charge in [-0.15, -0.1) is 6.58 Å². The van der Waals surface area contributed by atoms with Crippen molar-refractivity contribution < 1.29 is 9.53 Å². The fourth-order valence-electron chi connectivity index (χ4n) is 1.10. The van der Waals surface area contributed by atoms with E-state index in [4.69, 9.17) is 10.00 Å². The molecule has 5 heteroatoms. The zero-order chi connectivity index (χ0) is 12.7. The van der Waals surface area contributed by atoms with Crippen molar-refractivity contribution in [1.82, 2.24) is 5.32 Å². The minimum absolute atomic E-state index is 0.121. The molecule has 0 unspecified atom stereocenters. The van der Waals surface area contributed by atoms with Crippen molar-refractivity contribution in [3.8, 4) is 11.8 Å². The zero-order valence-corrected chi connectivity index (χ0v) is 10.7. The Morgan fingerprint density at radius 1 is 1.65 bits per heavy atom. The van der Waals surface area contributed by atoms with E-state index in [9.17, 15) is 4.79 Å². The minimum Gasteiger partial charge on any atom is -0.482 e. The lowest BCUT2D eigenvalue weighted by Gasteiger charge is -2.07. The Balaban J connectivity index is 2.60. The first-order valence-corrected chi connectivity index (χ1v) is 5.66. The first-order chi connectivity index (χ1) is 8.17. The summed E-state index contributed by atoms with van der Waals surface area (Å²) in [6, 6.07) is 7.03. The number of halogens is 1. The normalized spacial score (nSPS) is 9.18. The second kappa shape index (κ2) is 6.71. The Labute approximate surface area is 108 Å². The largest absolute Gasteiger partial charge is 0.482 e. The highest BCUT2D eigenvalue weighted by atomic mass is 79.9. The Morgan fingerprint density at radius 2 is 2.41 bits per heavy atom. The van der Waals surface area contributed by atoms with Crippen molar-refractivity contribution in [2.45, 2.75) is 0 Å². The van der Waals surface area contributed by atoms with Crippen LogP contribution in [-0.4, -0.2) is 19.1 Å². The summed E-state index contributed by atoms with van der Waals surface area (Å²) in [5.41, 5.74) is 0.385. The van der Waals surface area contributed by atoms with Gasteiger partial charge in [-0.1, -0.05) is 22.0 Å². The van der Waals surface area contributed by atoms with Crippen LogP contribution in [0.1, 0.15) is 5.56 Å². The lowest BCUT2D eigenvalue weighted by atomic mass is 10.2. The summed E-state index contributed by atoms with van der Waals surface area (Å²) in [6.45, 7) is 3.76. The number of nitrogens with zero attached hydrogens (tertiary/aromatic N) is 1. The van der Waals surface area contributed by atoms with Gasteiger partial charge in [0, 0.05) is 11.0 Å². The molecule has 0 heterocycles. The van der Waals surface area contributed by atoms with Crippen LogP contribution in [0, 0.1) is 11.3 Å². The van der Waals surface area contributed by atoms with Gasteiger partial charge in [-0.3, -0.25) is 4.79 Å². The van der Waals surface area contributed by atoms with Crippen LogP contribution in [0.25, 0.3) is 0 Å². The van der Waals surface area contributed by atoms with Crippen molar-refractivity contribution in [1.29, 1.82) is 5.26 Å². The molecule has 1 aromatic rings. The molecule has 0 aliphatic carbocycles. The van der Waals surface area contributed by atoms with Gasteiger partial charge in [0.1, 0.15) is 11.8 Å². The molecule has 0 spiro atoms. The summed E-state index contributed by atoms with van der Waals surface area (Å²) in [5.74, 6) is 0.140. The fraction of sp³-hybridized carbons (Fsp3) is 0.167. The Kier molecular flexibility index (Phi) is 5.24. The summed E-state index contributed by atoms with van der Waals surface area (Å²) >= 11 is 3.25. The van der Waals surface area contributed by atoms with Gasteiger partial charge in [-0.05, 0) is 18.2 Å². The Hall–Kier alpha value is -1.80. The van der Waals surface area contributed by atoms with E-state index in [1.807, 2.05) is 6.07 Å². The molecule has 1 N–H and O–H groups in total. The number of hydrogen-bond acceptors (Lipinski definition) is 3. The molecule has 0 radical (unpaired) electrons. The maximum atomic E-state index is 11.3. The number of nitrogens with one attached hydrogen (secondary N) is 1. The summed E-state index contributed by atoms with van der Waals surface area (Å²) in [6.07, 6.45) is 1.58. The average molecular weight is 295 g/mol. The van der Waals surface area contributed by atoms with Crippen LogP contribution in [0.5, 0.6) is 5.75 Å². The quantitative estimate of drug-likeness (QED) is 0.845.